The predicted octanol–water partition coefficient (Wildman–Crippen LogP) is 3.49. The van der Waals surface area contributed by atoms with Crippen LogP contribution in [0, 0.1) is 5.82 Å². The monoisotopic (exact) mass is 297 g/mol. The Kier molecular flexibility index (Phi) is 6.62. The smallest absolute Gasteiger partial charge is 0.227 e. The average Bonchev–Trinajstić information content (AvgIpc) is 2.40. The molecule has 0 aromatic heterocycles. The first-order valence-corrected chi connectivity index (χ1v) is 7.30. The van der Waals surface area contributed by atoms with E-state index in [1.165, 1.54) is 25.3 Å². The fourth-order valence-corrected chi connectivity index (χ4v) is 2.49. The number of ether oxygens (including phenoxy) is 1. The van der Waals surface area contributed by atoms with Gasteiger partial charge in [-0.05, 0) is 25.0 Å². The Morgan fingerprint density at radius 1 is 1.33 bits per heavy atom. The highest BCUT2D eigenvalue weighted by Crippen LogP contribution is 2.27. The Morgan fingerprint density at radius 3 is 2.48 bits per heavy atom. The summed E-state index contributed by atoms with van der Waals surface area (Å²) in [6, 6.07) is 3.91. The van der Waals surface area contributed by atoms with Crippen LogP contribution >= 0.6 is 0 Å². The normalized spacial score (nSPS) is 11.3. The van der Waals surface area contributed by atoms with Gasteiger partial charge in [-0.1, -0.05) is 26.7 Å². The van der Waals surface area contributed by atoms with Crippen molar-refractivity contribution in [1.29, 1.82) is 0 Å². The van der Waals surface area contributed by atoms with Gasteiger partial charge in [-0.15, -0.1) is 0 Å². The fourth-order valence-electron chi connectivity index (χ4n) is 2.49. The van der Waals surface area contributed by atoms with Gasteiger partial charge in [0.05, 0.1) is 24.8 Å². The highest BCUT2D eigenvalue weighted by atomic mass is 19.1. The van der Waals surface area contributed by atoms with Crippen molar-refractivity contribution in [3.63, 3.8) is 0 Å². The molecule has 21 heavy (non-hydrogen) atoms. The number of amides is 1. The minimum atomic E-state index is -0.985. The number of benzene rings is 1. The van der Waals surface area contributed by atoms with Crippen LogP contribution in [0.15, 0.2) is 18.2 Å². The van der Waals surface area contributed by atoms with Crippen LogP contribution in [0.25, 0.3) is 0 Å². The Balaban J connectivity index is 2.76. The van der Waals surface area contributed by atoms with Crippen LogP contribution in [0.1, 0.15) is 46.0 Å². The van der Waals surface area contributed by atoms with Crippen LogP contribution < -0.4 is 10.1 Å². The summed E-state index contributed by atoms with van der Waals surface area (Å²) >= 11 is 0. The average molecular weight is 297 g/mol. The molecule has 1 aromatic carbocycles. The third-order valence-corrected chi connectivity index (χ3v) is 3.36. The van der Waals surface area contributed by atoms with Crippen LogP contribution in [0.2, 0.25) is 0 Å². The largest absolute Gasteiger partial charge is 0.494 e. The fraction of sp³-hybridized carbons (Fsp3) is 0.562. The summed E-state index contributed by atoms with van der Waals surface area (Å²) in [5.74, 6) is -0.472. The molecular weight excluding hydrogens is 273 g/mol. The SMILES string of the molecule is CCCC(O)(CCC)CC(=O)Nc1ccc(F)cc1OC. The maximum atomic E-state index is 13.1. The topological polar surface area (TPSA) is 58.6 Å². The molecule has 0 fully saturated rings. The van der Waals surface area contributed by atoms with Crippen LogP contribution in [-0.4, -0.2) is 23.7 Å². The Labute approximate surface area is 125 Å². The zero-order valence-corrected chi connectivity index (χ0v) is 12.9. The van der Waals surface area contributed by atoms with Crippen molar-refractivity contribution in [2.75, 3.05) is 12.4 Å². The first-order valence-electron chi connectivity index (χ1n) is 7.30. The molecule has 0 saturated heterocycles. The molecule has 0 bridgehead atoms. The molecule has 0 unspecified atom stereocenters. The third kappa shape index (κ3) is 5.34. The first-order chi connectivity index (χ1) is 9.94. The number of halogens is 1. The molecule has 0 aliphatic heterocycles. The van der Waals surface area contributed by atoms with Gasteiger partial charge < -0.3 is 15.2 Å². The molecule has 0 saturated carbocycles. The molecule has 0 atom stereocenters. The second-order valence-corrected chi connectivity index (χ2v) is 5.29. The van der Waals surface area contributed by atoms with E-state index >= 15 is 0 Å². The number of rotatable bonds is 8. The maximum Gasteiger partial charge on any atom is 0.227 e. The molecule has 1 amide bonds. The number of nitrogens with one attached hydrogen (secondary N) is 1. The van der Waals surface area contributed by atoms with Crippen molar-refractivity contribution < 1.29 is 19.0 Å². The summed E-state index contributed by atoms with van der Waals surface area (Å²) < 4.78 is 18.1. The molecule has 1 aromatic rings. The van der Waals surface area contributed by atoms with Gasteiger partial charge in [0.25, 0.3) is 0 Å². The minimum absolute atomic E-state index is 0.0230. The molecule has 2 N–H and O–H groups in total. The summed E-state index contributed by atoms with van der Waals surface area (Å²) in [6.45, 7) is 3.95. The third-order valence-electron chi connectivity index (χ3n) is 3.36. The summed E-state index contributed by atoms with van der Waals surface area (Å²) in [6.07, 6.45) is 2.80. The Morgan fingerprint density at radius 2 is 1.95 bits per heavy atom. The zero-order valence-electron chi connectivity index (χ0n) is 12.9. The molecule has 0 aliphatic carbocycles. The van der Waals surface area contributed by atoms with E-state index in [0.29, 0.717) is 18.5 Å². The Hall–Kier alpha value is -1.62. The van der Waals surface area contributed by atoms with Gasteiger partial charge in [0, 0.05) is 6.07 Å². The van der Waals surface area contributed by atoms with E-state index in [-0.39, 0.29) is 18.1 Å². The lowest BCUT2D eigenvalue weighted by Gasteiger charge is -2.27. The standard InChI is InChI=1S/C16H24FNO3/c1-4-8-16(20,9-5-2)11-15(19)18-13-7-6-12(17)10-14(13)21-3/h6-7,10,20H,4-5,8-9,11H2,1-3H3,(H,18,19). The second kappa shape index (κ2) is 7.98. The van der Waals surface area contributed by atoms with Crippen LogP contribution in [-0.2, 0) is 4.79 Å². The lowest BCUT2D eigenvalue weighted by molar-refractivity contribution is -0.121. The van der Waals surface area contributed by atoms with E-state index < -0.39 is 11.4 Å². The number of hydrogen-bond donors (Lipinski definition) is 2. The van der Waals surface area contributed by atoms with E-state index in [1.807, 2.05) is 13.8 Å². The van der Waals surface area contributed by atoms with Crippen LogP contribution in [0.5, 0.6) is 5.75 Å². The minimum Gasteiger partial charge on any atom is -0.494 e. The highest BCUT2D eigenvalue weighted by molar-refractivity contribution is 5.92. The zero-order chi connectivity index (χ0) is 15.9. The van der Waals surface area contributed by atoms with Gasteiger partial charge in [0.1, 0.15) is 11.6 Å². The number of methoxy groups -OCH3 is 1. The van der Waals surface area contributed by atoms with E-state index in [4.69, 9.17) is 4.74 Å². The van der Waals surface area contributed by atoms with Crippen molar-refractivity contribution in [2.24, 2.45) is 0 Å². The van der Waals surface area contributed by atoms with Crippen molar-refractivity contribution in [3.8, 4) is 5.75 Å². The maximum absolute atomic E-state index is 13.1. The second-order valence-electron chi connectivity index (χ2n) is 5.29. The number of aliphatic hydroxyl groups is 1. The van der Waals surface area contributed by atoms with Crippen molar-refractivity contribution >= 4 is 11.6 Å². The number of hydrogen-bond acceptors (Lipinski definition) is 3. The van der Waals surface area contributed by atoms with E-state index in [9.17, 15) is 14.3 Å². The number of anilines is 1. The molecule has 118 valence electrons. The summed E-state index contributed by atoms with van der Waals surface area (Å²) in [5.41, 5.74) is -0.583. The van der Waals surface area contributed by atoms with E-state index in [1.54, 1.807) is 0 Å². The Bertz CT molecular complexity index is 471. The van der Waals surface area contributed by atoms with Crippen molar-refractivity contribution in [1.82, 2.24) is 0 Å². The lowest BCUT2D eigenvalue weighted by atomic mass is 9.89. The molecule has 1 rings (SSSR count). The molecule has 0 spiro atoms. The van der Waals surface area contributed by atoms with E-state index in [0.717, 1.165) is 12.8 Å². The molecule has 0 aliphatic rings. The summed E-state index contributed by atoms with van der Waals surface area (Å²) in [7, 11) is 1.41. The predicted molar refractivity (Wildman–Crippen MR) is 81.0 cm³/mol. The van der Waals surface area contributed by atoms with Gasteiger partial charge in [0.15, 0.2) is 0 Å². The van der Waals surface area contributed by atoms with Crippen LogP contribution in [0.3, 0.4) is 0 Å². The molecule has 5 heteroatoms. The number of carbonyl (C=O) groups excluding carboxylic acids is 1. The van der Waals surface area contributed by atoms with Gasteiger partial charge in [0.2, 0.25) is 5.91 Å². The van der Waals surface area contributed by atoms with Crippen molar-refractivity contribution in [3.05, 3.63) is 24.0 Å². The molecule has 4 nitrogen and oxygen atoms in total. The van der Waals surface area contributed by atoms with Gasteiger partial charge in [-0.3, -0.25) is 4.79 Å². The summed E-state index contributed by atoms with van der Waals surface area (Å²) in [5, 5.41) is 13.1. The molecular formula is C16H24FNO3. The quantitative estimate of drug-likeness (QED) is 0.772. The molecule has 0 radical (unpaired) electrons. The van der Waals surface area contributed by atoms with Crippen molar-refractivity contribution in [2.45, 2.75) is 51.6 Å². The van der Waals surface area contributed by atoms with E-state index in [2.05, 4.69) is 5.32 Å². The van der Waals surface area contributed by atoms with Gasteiger partial charge in [-0.25, -0.2) is 4.39 Å². The van der Waals surface area contributed by atoms with Gasteiger partial charge >= 0.3 is 0 Å². The highest BCUT2D eigenvalue weighted by Gasteiger charge is 2.28. The molecule has 0 heterocycles. The van der Waals surface area contributed by atoms with Gasteiger partial charge in [-0.2, -0.15) is 0 Å². The first kappa shape index (κ1) is 17.4. The lowest BCUT2D eigenvalue weighted by Crippen LogP contribution is -2.33. The number of carbonyl (C=O) groups is 1. The van der Waals surface area contributed by atoms with Crippen LogP contribution in [0.4, 0.5) is 10.1 Å². The summed E-state index contributed by atoms with van der Waals surface area (Å²) in [4.78, 5) is 12.1.